The van der Waals surface area contributed by atoms with E-state index in [-0.39, 0.29) is 6.71 Å². The molecule has 2 aromatic heterocycles. The first kappa shape index (κ1) is 16.3. The molecule has 7 rings (SSSR count). The van der Waals surface area contributed by atoms with Crippen LogP contribution >= 0.6 is 0 Å². The molecule has 0 unspecified atom stereocenters. The highest BCUT2D eigenvalue weighted by atomic mass is 15.0. The molecule has 0 radical (unpaired) electrons. The van der Waals surface area contributed by atoms with Crippen molar-refractivity contribution >= 4 is 45.0 Å². The summed E-state index contributed by atoms with van der Waals surface area (Å²) in [5.74, 6) is 0. The number of nitrogens with zero attached hydrogens (tertiary/aromatic N) is 3. The molecule has 0 saturated carbocycles. The Bertz CT molecular complexity index is 1550. The molecule has 4 heteroatoms. The van der Waals surface area contributed by atoms with Crippen LogP contribution in [0.1, 0.15) is 11.1 Å². The molecule has 2 aliphatic heterocycles. The maximum absolute atomic E-state index is 4.75. The normalized spacial score (nSPS) is 13.5. The lowest BCUT2D eigenvalue weighted by Crippen LogP contribution is -2.74. The number of pyridine rings is 1. The van der Waals surface area contributed by atoms with E-state index in [4.69, 9.17) is 4.98 Å². The van der Waals surface area contributed by atoms with Crippen LogP contribution in [0.2, 0.25) is 0 Å². The zero-order valence-electron chi connectivity index (χ0n) is 17.1. The molecule has 0 aliphatic carbocycles. The molecule has 4 heterocycles. The van der Waals surface area contributed by atoms with Gasteiger partial charge in [-0.3, -0.25) is 0 Å². The fraction of sp³-hybridized carbons (Fsp3) is 0.115. The van der Waals surface area contributed by atoms with E-state index in [1.54, 1.807) is 0 Å². The first-order chi connectivity index (χ1) is 14.7. The minimum atomic E-state index is 0.208. The van der Waals surface area contributed by atoms with Gasteiger partial charge in [-0.1, -0.05) is 48.5 Å². The average molecular weight is 385 g/mol. The number of aromatic nitrogens is 3. The molecule has 0 bridgehead atoms. The zero-order valence-corrected chi connectivity index (χ0v) is 17.1. The van der Waals surface area contributed by atoms with Gasteiger partial charge in [0.1, 0.15) is 7.05 Å². The van der Waals surface area contributed by atoms with Gasteiger partial charge in [-0.15, -0.1) is 0 Å². The lowest BCUT2D eigenvalue weighted by Gasteiger charge is -2.30. The Balaban J connectivity index is 1.72. The molecule has 0 spiro atoms. The summed E-state index contributed by atoms with van der Waals surface area (Å²) in [6, 6.07) is 22.2. The van der Waals surface area contributed by atoms with Crippen LogP contribution in [0.5, 0.6) is 0 Å². The molecular weight excluding hydrogens is 365 g/mol. The van der Waals surface area contributed by atoms with E-state index in [0.29, 0.717) is 0 Å². The van der Waals surface area contributed by atoms with E-state index < -0.39 is 0 Å². The number of aryl methyl sites for hydroxylation is 2. The van der Waals surface area contributed by atoms with Crippen LogP contribution < -0.4 is 25.8 Å². The van der Waals surface area contributed by atoms with Crippen molar-refractivity contribution in [1.29, 1.82) is 0 Å². The molecule has 0 fully saturated rings. The second-order valence-electron chi connectivity index (χ2n) is 8.62. The van der Waals surface area contributed by atoms with E-state index in [1.165, 1.54) is 55.1 Å². The molecule has 2 aliphatic rings. The van der Waals surface area contributed by atoms with Crippen LogP contribution in [0.15, 0.2) is 73.2 Å². The summed E-state index contributed by atoms with van der Waals surface area (Å²) in [4.78, 5) is 4.75. The minimum Gasteiger partial charge on any atom is -0.244 e. The van der Waals surface area contributed by atoms with E-state index in [9.17, 15) is 0 Å². The third-order valence-electron chi connectivity index (χ3n) is 7.05. The highest BCUT2D eigenvalue weighted by Gasteiger charge is 2.47. The standard InChI is InChI=1S/C26H20BN3/c1-29-14-17-7-3-4-9-18(17)21-13-16-8-5-11-20-19-10-6-12-22-23(19)26(30(2)15-28-22)27(24(16)20)25(21)29/h3-12,14-15H,13H2,1-2H3/q+2. The van der Waals surface area contributed by atoms with Crippen molar-refractivity contribution in [2.45, 2.75) is 6.42 Å². The van der Waals surface area contributed by atoms with Gasteiger partial charge < -0.3 is 0 Å². The highest BCUT2D eigenvalue weighted by molar-refractivity contribution is 6.97. The summed E-state index contributed by atoms with van der Waals surface area (Å²) in [5, 5.41) is 3.96. The third-order valence-corrected chi connectivity index (χ3v) is 7.05. The Labute approximate surface area is 175 Å². The number of hydrogen-bond acceptors (Lipinski definition) is 1. The summed E-state index contributed by atoms with van der Waals surface area (Å²) in [7, 11) is 4.35. The van der Waals surface area contributed by atoms with E-state index in [0.717, 1.165) is 11.9 Å². The predicted molar refractivity (Wildman–Crippen MR) is 121 cm³/mol. The van der Waals surface area contributed by atoms with Crippen molar-refractivity contribution in [2.75, 3.05) is 0 Å². The lowest BCUT2D eigenvalue weighted by atomic mass is 9.33. The Morgan fingerprint density at radius 1 is 0.833 bits per heavy atom. The fourth-order valence-electron chi connectivity index (χ4n) is 5.89. The number of hydrogen-bond donors (Lipinski definition) is 0. The monoisotopic (exact) mass is 385 g/mol. The van der Waals surface area contributed by atoms with Crippen molar-refractivity contribution in [3.63, 3.8) is 0 Å². The predicted octanol–water partition coefficient (Wildman–Crippen LogP) is 1.44. The zero-order chi connectivity index (χ0) is 20.0. The summed E-state index contributed by atoms with van der Waals surface area (Å²) in [6.07, 6.45) is 5.25. The SMILES string of the molecule is C[n+]1cc2ccccc2c2c1B1c3c(cccc3-c3cccc4nc[n+](C)c1c34)C2. The van der Waals surface area contributed by atoms with E-state index >= 15 is 0 Å². The Kier molecular flexibility index (Phi) is 3.01. The third kappa shape index (κ3) is 1.89. The minimum absolute atomic E-state index is 0.208. The maximum atomic E-state index is 4.75. The topological polar surface area (TPSA) is 20.6 Å². The van der Waals surface area contributed by atoms with Gasteiger partial charge in [-0.25, -0.2) is 9.13 Å². The van der Waals surface area contributed by atoms with Crippen molar-refractivity contribution in [1.82, 2.24) is 4.98 Å². The number of rotatable bonds is 0. The molecular formula is C26H20BN3+2. The van der Waals surface area contributed by atoms with Gasteiger partial charge in [0, 0.05) is 17.4 Å². The van der Waals surface area contributed by atoms with Gasteiger partial charge in [0.15, 0.2) is 17.3 Å². The van der Waals surface area contributed by atoms with Gasteiger partial charge in [-0.2, -0.15) is 0 Å². The summed E-state index contributed by atoms with van der Waals surface area (Å²) in [6.45, 7) is 0.208. The number of benzene rings is 3. The van der Waals surface area contributed by atoms with E-state index in [1.807, 2.05) is 6.33 Å². The molecule has 0 saturated heterocycles. The van der Waals surface area contributed by atoms with Crippen LogP contribution in [0, 0.1) is 0 Å². The summed E-state index contributed by atoms with van der Waals surface area (Å²) >= 11 is 0. The van der Waals surface area contributed by atoms with Crippen LogP contribution in [0.4, 0.5) is 0 Å². The van der Waals surface area contributed by atoms with Crippen molar-refractivity contribution in [3.05, 3.63) is 84.3 Å². The number of fused-ring (bicyclic) bond motifs is 6. The first-order valence-electron chi connectivity index (χ1n) is 10.5. The van der Waals surface area contributed by atoms with Gasteiger partial charge in [-0.05, 0) is 44.7 Å². The fourth-order valence-corrected chi connectivity index (χ4v) is 5.89. The van der Waals surface area contributed by atoms with Crippen LogP contribution in [0.3, 0.4) is 0 Å². The molecule has 140 valence electrons. The van der Waals surface area contributed by atoms with Gasteiger partial charge >= 0.3 is 6.71 Å². The molecule has 3 aromatic carbocycles. The van der Waals surface area contributed by atoms with Crippen molar-refractivity contribution < 1.29 is 9.13 Å². The Hall–Kier alpha value is -3.53. The van der Waals surface area contributed by atoms with E-state index in [2.05, 4.69) is 90.1 Å². The Morgan fingerprint density at radius 3 is 2.60 bits per heavy atom. The summed E-state index contributed by atoms with van der Waals surface area (Å²) < 4.78 is 4.60. The molecule has 5 aromatic rings. The molecule has 30 heavy (non-hydrogen) atoms. The second-order valence-corrected chi connectivity index (χ2v) is 8.62. The smallest absolute Gasteiger partial charge is 0.244 e. The maximum Gasteiger partial charge on any atom is 0.376 e. The molecule has 0 atom stereocenters. The molecule has 0 N–H and O–H groups in total. The van der Waals surface area contributed by atoms with Gasteiger partial charge in [0.2, 0.25) is 0 Å². The average Bonchev–Trinajstić information content (AvgIpc) is 2.77. The quantitative estimate of drug-likeness (QED) is 0.286. The largest absolute Gasteiger partial charge is 0.376 e. The highest BCUT2D eigenvalue weighted by Crippen LogP contribution is 2.32. The summed E-state index contributed by atoms with van der Waals surface area (Å²) in [5.41, 5.74) is 10.9. The van der Waals surface area contributed by atoms with Crippen LogP contribution in [-0.2, 0) is 20.5 Å². The van der Waals surface area contributed by atoms with Gasteiger partial charge in [0.05, 0.1) is 18.0 Å². The van der Waals surface area contributed by atoms with Gasteiger partial charge in [0.25, 0.3) is 6.33 Å². The van der Waals surface area contributed by atoms with Crippen LogP contribution in [0.25, 0.3) is 32.8 Å². The van der Waals surface area contributed by atoms with Crippen LogP contribution in [-0.4, -0.2) is 11.7 Å². The molecule has 3 nitrogen and oxygen atoms in total. The first-order valence-corrected chi connectivity index (χ1v) is 10.5. The lowest BCUT2D eigenvalue weighted by molar-refractivity contribution is -0.659. The Morgan fingerprint density at radius 2 is 1.67 bits per heavy atom. The molecule has 0 amide bonds. The van der Waals surface area contributed by atoms with Crippen molar-refractivity contribution in [2.24, 2.45) is 14.1 Å². The van der Waals surface area contributed by atoms with Crippen molar-refractivity contribution in [3.8, 4) is 11.1 Å². The second kappa shape index (κ2) is 5.54.